The minimum Gasteiger partial charge on any atom is -0.325 e. The van der Waals surface area contributed by atoms with Crippen molar-refractivity contribution in [2.45, 2.75) is 58.8 Å². The molecular formula is C20H26N2O2. The number of carbonyl (C=O) groups is 2. The highest BCUT2D eigenvalue weighted by Crippen LogP contribution is 2.30. The molecule has 1 fully saturated rings. The summed E-state index contributed by atoms with van der Waals surface area (Å²) in [5.41, 5.74) is 3.29. The second-order valence-corrected chi connectivity index (χ2v) is 7.17. The Morgan fingerprint density at radius 2 is 2.00 bits per heavy atom. The van der Waals surface area contributed by atoms with Gasteiger partial charge >= 0.3 is 0 Å². The number of fused-ring (bicyclic) bond motifs is 1. The molecule has 0 spiro atoms. The lowest BCUT2D eigenvalue weighted by molar-refractivity contribution is -0.118. The zero-order valence-electron chi connectivity index (χ0n) is 14.6. The van der Waals surface area contributed by atoms with Crippen molar-refractivity contribution in [3.05, 3.63) is 35.1 Å². The van der Waals surface area contributed by atoms with Crippen molar-refractivity contribution >= 4 is 17.5 Å². The Bertz CT molecular complexity index is 661. The summed E-state index contributed by atoms with van der Waals surface area (Å²) in [5, 5.41) is 2.91. The van der Waals surface area contributed by atoms with Crippen molar-refractivity contribution in [2.24, 2.45) is 16.8 Å². The van der Waals surface area contributed by atoms with E-state index < -0.39 is 0 Å². The maximum Gasteiger partial charge on any atom is 0.251 e. The molecule has 24 heavy (non-hydrogen) atoms. The summed E-state index contributed by atoms with van der Waals surface area (Å²) >= 11 is 0. The molecule has 3 aliphatic rings. The molecule has 4 heteroatoms. The van der Waals surface area contributed by atoms with Gasteiger partial charge in [0, 0.05) is 23.6 Å². The Morgan fingerprint density at radius 1 is 1.25 bits per heavy atom. The van der Waals surface area contributed by atoms with Crippen molar-refractivity contribution in [1.82, 2.24) is 5.32 Å². The van der Waals surface area contributed by atoms with Gasteiger partial charge in [-0.3, -0.25) is 9.59 Å². The number of nitrogens with one attached hydrogen (secondary N) is 1. The van der Waals surface area contributed by atoms with Gasteiger partial charge in [-0.25, -0.2) is 4.99 Å². The average molecular weight is 326 g/mol. The molecule has 3 rings (SSSR count). The monoisotopic (exact) mass is 326 g/mol. The van der Waals surface area contributed by atoms with Crippen LogP contribution in [0.25, 0.3) is 0 Å². The first-order valence-electron chi connectivity index (χ1n) is 9.04. The average Bonchev–Trinajstić information content (AvgIpc) is 2.59. The lowest BCUT2D eigenvalue weighted by Gasteiger charge is -2.28. The highest BCUT2D eigenvalue weighted by Gasteiger charge is 2.27. The quantitative estimate of drug-likeness (QED) is 0.856. The van der Waals surface area contributed by atoms with Crippen molar-refractivity contribution in [2.75, 3.05) is 0 Å². The van der Waals surface area contributed by atoms with Crippen LogP contribution in [0.4, 0.5) is 0 Å². The Kier molecular flexibility index (Phi) is 5.12. The Labute approximate surface area is 143 Å². The van der Waals surface area contributed by atoms with Crippen LogP contribution in [0.2, 0.25) is 0 Å². The molecule has 1 N–H and O–H groups in total. The van der Waals surface area contributed by atoms with Crippen molar-refractivity contribution in [3.63, 3.8) is 0 Å². The minimum absolute atomic E-state index is 0.0545. The molecule has 1 heterocycles. The van der Waals surface area contributed by atoms with Crippen LogP contribution in [-0.2, 0) is 9.59 Å². The van der Waals surface area contributed by atoms with Gasteiger partial charge in [0.1, 0.15) is 0 Å². The molecule has 0 aromatic carbocycles. The van der Waals surface area contributed by atoms with Crippen LogP contribution >= 0.6 is 0 Å². The first kappa shape index (κ1) is 16.9. The summed E-state index contributed by atoms with van der Waals surface area (Å²) in [6.45, 7) is 3.82. The molecule has 2 amide bonds. The van der Waals surface area contributed by atoms with Crippen LogP contribution in [0, 0.1) is 11.8 Å². The minimum atomic E-state index is -0.0618. The van der Waals surface area contributed by atoms with Crippen LogP contribution < -0.4 is 5.32 Å². The number of allylic oxidation sites excluding steroid dienone is 3. The zero-order valence-corrected chi connectivity index (χ0v) is 14.6. The fourth-order valence-corrected chi connectivity index (χ4v) is 3.80. The number of aliphatic imine (C=N–C) groups is 1. The first-order chi connectivity index (χ1) is 11.5. The van der Waals surface area contributed by atoms with Gasteiger partial charge in [-0.15, -0.1) is 0 Å². The Hall–Kier alpha value is -1.97. The lowest BCUT2D eigenvalue weighted by Crippen LogP contribution is -2.35. The summed E-state index contributed by atoms with van der Waals surface area (Å²) in [4.78, 5) is 28.3. The summed E-state index contributed by atoms with van der Waals surface area (Å²) < 4.78 is 0. The van der Waals surface area contributed by atoms with Gasteiger partial charge in [0.2, 0.25) is 5.91 Å². The predicted octanol–water partition coefficient (Wildman–Crippen LogP) is 3.85. The zero-order chi connectivity index (χ0) is 17.1. The van der Waals surface area contributed by atoms with Crippen molar-refractivity contribution < 1.29 is 9.59 Å². The van der Waals surface area contributed by atoms with Gasteiger partial charge in [0.25, 0.3) is 5.91 Å². The highest BCUT2D eigenvalue weighted by atomic mass is 16.2. The summed E-state index contributed by atoms with van der Waals surface area (Å²) in [7, 11) is 0. The van der Waals surface area contributed by atoms with Gasteiger partial charge in [-0.05, 0) is 38.3 Å². The number of hydrogen-bond acceptors (Lipinski definition) is 2. The number of amides is 2. The molecular weight excluding hydrogens is 300 g/mol. The van der Waals surface area contributed by atoms with E-state index in [1.54, 1.807) is 0 Å². The van der Waals surface area contributed by atoms with Crippen LogP contribution in [-0.4, -0.2) is 17.5 Å². The highest BCUT2D eigenvalue weighted by molar-refractivity contribution is 6.11. The van der Waals surface area contributed by atoms with E-state index in [0.29, 0.717) is 18.1 Å². The van der Waals surface area contributed by atoms with E-state index in [1.165, 1.54) is 32.1 Å². The molecule has 1 aliphatic heterocycles. The molecule has 128 valence electrons. The summed E-state index contributed by atoms with van der Waals surface area (Å²) in [6, 6.07) is 0. The van der Waals surface area contributed by atoms with Gasteiger partial charge < -0.3 is 5.32 Å². The molecule has 1 atom stereocenters. The first-order valence-corrected chi connectivity index (χ1v) is 9.04. The van der Waals surface area contributed by atoms with Crippen molar-refractivity contribution in [1.29, 1.82) is 0 Å². The van der Waals surface area contributed by atoms with Gasteiger partial charge in [-0.1, -0.05) is 43.8 Å². The molecule has 0 aromatic heterocycles. The SMILES string of the molecule is CC1=C(C)C2C=CC(=NC(=O)CCC3CCCCC3)C=C2NC1=O. The fraction of sp³-hybridized carbons (Fsp3) is 0.550. The number of rotatable bonds is 3. The van der Waals surface area contributed by atoms with Gasteiger partial charge in [0.05, 0.1) is 5.71 Å². The molecule has 1 saturated carbocycles. The molecule has 1 unspecified atom stereocenters. The van der Waals surface area contributed by atoms with Crippen molar-refractivity contribution in [3.8, 4) is 0 Å². The molecule has 4 nitrogen and oxygen atoms in total. The standard InChI is InChI=1S/C20H26N2O2/c1-13-14(2)20(24)22-18-12-16(9-10-17(13)18)21-19(23)11-8-15-6-4-3-5-7-15/h9-10,12,15,17H,3-8,11H2,1-2H3,(H,22,24). The second-order valence-electron chi connectivity index (χ2n) is 7.17. The second kappa shape index (κ2) is 7.29. The van der Waals surface area contributed by atoms with E-state index in [1.807, 2.05) is 32.1 Å². The Balaban J connectivity index is 1.62. The van der Waals surface area contributed by atoms with E-state index >= 15 is 0 Å². The maximum absolute atomic E-state index is 12.1. The third-order valence-electron chi connectivity index (χ3n) is 5.50. The van der Waals surface area contributed by atoms with E-state index in [9.17, 15) is 9.59 Å². The summed E-state index contributed by atoms with van der Waals surface area (Å²) in [5.74, 6) is 0.675. The molecule has 0 saturated heterocycles. The fourth-order valence-electron chi connectivity index (χ4n) is 3.80. The third-order valence-corrected chi connectivity index (χ3v) is 5.50. The predicted molar refractivity (Wildman–Crippen MR) is 95.5 cm³/mol. The molecule has 0 bridgehead atoms. The maximum atomic E-state index is 12.1. The largest absolute Gasteiger partial charge is 0.325 e. The summed E-state index contributed by atoms with van der Waals surface area (Å²) in [6.07, 6.45) is 13.7. The number of nitrogens with zero attached hydrogens (tertiary/aromatic N) is 1. The van der Waals surface area contributed by atoms with Crippen LogP contribution in [0.5, 0.6) is 0 Å². The van der Waals surface area contributed by atoms with E-state index in [-0.39, 0.29) is 17.7 Å². The normalized spacial score (nSPS) is 26.2. The van der Waals surface area contributed by atoms with Gasteiger partial charge in [0.15, 0.2) is 0 Å². The van der Waals surface area contributed by atoms with Crippen LogP contribution in [0.3, 0.4) is 0 Å². The smallest absolute Gasteiger partial charge is 0.251 e. The molecule has 0 aromatic rings. The number of hydrogen-bond donors (Lipinski definition) is 1. The Morgan fingerprint density at radius 3 is 2.75 bits per heavy atom. The van der Waals surface area contributed by atoms with E-state index in [4.69, 9.17) is 0 Å². The van der Waals surface area contributed by atoms with E-state index in [0.717, 1.165) is 23.3 Å². The van der Waals surface area contributed by atoms with E-state index in [2.05, 4.69) is 10.3 Å². The lowest BCUT2D eigenvalue weighted by atomic mass is 9.85. The van der Waals surface area contributed by atoms with Crippen LogP contribution in [0.1, 0.15) is 58.8 Å². The van der Waals surface area contributed by atoms with Gasteiger partial charge in [-0.2, -0.15) is 0 Å². The third kappa shape index (κ3) is 3.74. The topological polar surface area (TPSA) is 58.5 Å². The number of carbonyl (C=O) groups excluding carboxylic acids is 2. The van der Waals surface area contributed by atoms with Crippen LogP contribution in [0.15, 0.2) is 40.1 Å². The molecule has 0 radical (unpaired) electrons. The molecule has 2 aliphatic carbocycles.